The van der Waals surface area contributed by atoms with Crippen molar-refractivity contribution in [3.63, 3.8) is 0 Å². The number of amidine groups is 1. The maximum atomic E-state index is 12.2. The molecule has 5 nitrogen and oxygen atoms in total. The van der Waals surface area contributed by atoms with E-state index in [2.05, 4.69) is 10.3 Å². The van der Waals surface area contributed by atoms with Crippen LogP contribution in [0.3, 0.4) is 0 Å². The van der Waals surface area contributed by atoms with Crippen LogP contribution in [0.1, 0.15) is 37.3 Å². The van der Waals surface area contributed by atoms with Crippen LogP contribution in [0.15, 0.2) is 29.3 Å². The van der Waals surface area contributed by atoms with Crippen LogP contribution >= 0.6 is 0 Å². The van der Waals surface area contributed by atoms with E-state index in [1.807, 2.05) is 32.0 Å². The first-order valence-corrected chi connectivity index (χ1v) is 6.64. The summed E-state index contributed by atoms with van der Waals surface area (Å²) in [6.45, 7) is 5.54. The maximum Gasteiger partial charge on any atom is 0.264 e. The fraction of sp³-hybridized carbons (Fsp3) is 0.400. The van der Waals surface area contributed by atoms with Gasteiger partial charge in [-0.15, -0.1) is 0 Å². The third-order valence-corrected chi connectivity index (χ3v) is 3.62. The van der Waals surface area contributed by atoms with Crippen LogP contribution in [0.2, 0.25) is 0 Å². The minimum atomic E-state index is -0.883. The lowest BCUT2D eigenvalue weighted by Crippen LogP contribution is -2.56. The minimum absolute atomic E-state index is 0.249. The fourth-order valence-corrected chi connectivity index (χ4v) is 2.09. The molecule has 1 aliphatic heterocycles. The molecule has 1 heterocycles. The number of nitrogens with zero attached hydrogens (tertiary/aromatic N) is 1. The van der Waals surface area contributed by atoms with E-state index in [1.54, 1.807) is 13.0 Å². The molecule has 2 rings (SSSR count). The van der Waals surface area contributed by atoms with Crippen LogP contribution in [0, 0.1) is 6.92 Å². The van der Waals surface area contributed by atoms with E-state index in [9.17, 15) is 9.59 Å². The van der Waals surface area contributed by atoms with Crippen LogP contribution in [-0.2, 0) is 9.59 Å². The highest BCUT2D eigenvalue weighted by Crippen LogP contribution is 2.23. The number of hydrogen-bond acceptors (Lipinski definition) is 3. The Morgan fingerprint density at radius 2 is 2.10 bits per heavy atom. The van der Waals surface area contributed by atoms with Crippen molar-refractivity contribution in [1.82, 2.24) is 5.32 Å². The number of aliphatic imine (C=N–C) groups is 1. The Hall–Kier alpha value is -2.01. The second-order valence-electron chi connectivity index (χ2n) is 5.41. The minimum Gasteiger partial charge on any atom is -0.319 e. The number of carbonyl (C=O) groups excluding carboxylic acids is 2. The number of carbonyl (C=O) groups is 2. The van der Waals surface area contributed by atoms with Gasteiger partial charge >= 0.3 is 0 Å². The Labute approximate surface area is 118 Å². The van der Waals surface area contributed by atoms with Gasteiger partial charge in [-0.05, 0) is 25.8 Å². The summed E-state index contributed by atoms with van der Waals surface area (Å²) in [5, 5.41) is 2.67. The standard InChI is InChI=1S/C15H19N3O2/c1-4-15(3,16)14-17-12(19)11(13(20)18-14)10-7-5-6-9(2)8-10/h5-8,11H,4,16H2,1-3H3,(H,17,18,19,20). The Bertz CT molecular complexity index is 591. The lowest BCUT2D eigenvalue weighted by atomic mass is 9.92. The summed E-state index contributed by atoms with van der Waals surface area (Å²) < 4.78 is 0. The normalized spacial score (nSPS) is 22.0. The van der Waals surface area contributed by atoms with E-state index < -0.39 is 17.4 Å². The number of nitrogens with one attached hydrogen (secondary N) is 1. The molecule has 5 heteroatoms. The number of benzene rings is 1. The topological polar surface area (TPSA) is 84.5 Å². The van der Waals surface area contributed by atoms with Gasteiger partial charge in [0.2, 0.25) is 5.91 Å². The molecule has 3 N–H and O–H groups in total. The van der Waals surface area contributed by atoms with Crippen molar-refractivity contribution in [2.75, 3.05) is 0 Å². The molecule has 0 radical (unpaired) electrons. The van der Waals surface area contributed by atoms with Crippen molar-refractivity contribution < 1.29 is 9.59 Å². The van der Waals surface area contributed by atoms with E-state index in [-0.39, 0.29) is 11.7 Å². The first-order chi connectivity index (χ1) is 9.35. The summed E-state index contributed by atoms with van der Waals surface area (Å²) >= 11 is 0. The number of amides is 2. The average molecular weight is 273 g/mol. The van der Waals surface area contributed by atoms with Gasteiger partial charge in [-0.25, -0.2) is 0 Å². The first-order valence-electron chi connectivity index (χ1n) is 6.64. The van der Waals surface area contributed by atoms with Crippen LogP contribution < -0.4 is 11.1 Å². The Morgan fingerprint density at radius 3 is 2.65 bits per heavy atom. The van der Waals surface area contributed by atoms with E-state index in [4.69, 9.17) is 5.73 Å². The zero-order valence-corrected chi connectivity index (χ0v) is 11.9. The van der Waals surface area contributed by atoms with E-state index in [0.29, 0.717) is 12.0 Å². The highest BCUT2D eigenvalue weighted by Gasteiger charge is 2.37. The Kier molecular flexibility index (Phi) is 3.72. The smallest absolute Gasteiger partial charge is 0.264 e. The molecule has 2 unspecified atom stereocenters. The SMILES string of the molecule is CCC(C)(N)C1=NC(=O)C(c2cccc(C)c2)C(=O)N1. The van der Waals surface area contributed by atoms with E-state index in [0.717, 1.165) is 5.56 Å². The molecule has 0 bridgehead atoms. The van der Waals surface area contributed by atoms with Gasteiger partial charge in [0, 0.05) is 0 Å². The van der Waals surface area contributed by atoms with Crippen LogP contribution in [-0.4, -0.2) is 23.2 Å². The molecule has 20 heavy (non-hydrogen) atoms. The predicted molar refractivity (Wildman–Crippen MR) is 77.4 cm³/mol. The lowest BCUT2D eigenvalue weighted by Gasteiger charge is -2.29. The number of aryl methyl sites for hydroxylation is 1. The molecule has 1 aromatic rings. The number of nitrogens with two attached hydrogens (primary N) is 1. The molecule has 1 aromatic carbocycles. The van der Waals surface area contributed by atoms with Crippen LogP contribution in [0.25, 0.3) is 0 Å². The highest BCUT2D eigenvalue weighted by molar-refractivity contribution is 6.20. The van der Waals surface area contributed by atoms with Crippen molar-refractivity contribution in [2.45, 2.75) is 38.6 Å². The van der Waals surface area contributed by atoms with Gasteiger partial charge in [0.25, 0.3) is 5.91 Å². The summed E-state index contributed by atoms with van der Waals surface area (Å²) in [7, 11) is 0. The van der Waals surface area contributed by atoms with Crippen LogP contribution in [0.4, 0.5) is 0 Å². The summed E-state index contributed by atoms with van der Waals surface area (Å²) in [4.78, 5) is 28.4. The molecule has 106 valence electrons. The summed E-state index contributed by atoms with van der Waals surface area (Å²) in [5.41, 5.74) is 6.88. The quantitative estimate of drug-likeness (QED) is 0.813. The maximum absolute atomic E-state index is 12.2. The molecule has 1 aliphatic rings. The third-order valence-electron chi connectivity index (χ3n) is 3.62. The van der Waals surface area contributed by atoms with Gasteiger partial charge in [-0.3, -0.25) is 9.59 Å². The average Bonchev–Trinajstić information content (AvgIpc) is 2.38. The molecule has 0 spiro atoms. The largest absolute Gasteiger partial charge is 0.319 e. The molecule has 0 fully saturated rings. The highest BCUT2D eigenvalue weighted by atomic mass is 16.2. The van der Waals surface area contributed by atoms with Gasteiger partial charge in [-0.1, -0.05) is 36.8 Å². The number of rotatable bonds is 3. The van der Waals surface area contributed by atoms with Crippen molar-refractivity contribution in [3.05, 3.63) is 35.4 Å². The Balaban J connectivity index is 2.37. The van der Waals surface area contributed by atoms with Crippen LogP contribution in [0.5, 0.6) is 0 Å². The van der Waals surface area contributed by atoms with Crippen molar-refractivity contribution in [3.8, 4) is 0 Å². The molecular formula is C15H19N3O2. The third kappa shape index (κ3) is 2.63. The van der Waals surface area contributed by atoms with Gasteiger partial charge in [0.15, 0.2) is 0 Å². The zero-order chi connectivity index (χ0) is 14.9. The molecule has 0 aromatic heterocycles. The zero-order valence-electron chi connectivity index (χ0n) is 11.9. The van der Waals surface area contributed by atoms with Crippen molar-refractivity contribution in [1.29, 1.82) is 0 Å². The fourth-order valence-electron chi connectivity index (χ4n) is 2.09. The lowest BCUT2D eigenvalue weighted by molar-refractivity contribution is -0.130. The monoisotopic (exact) mass is 273 g/mol. The second kappa shape index (κ2) is 5.17. The molecule has 0 saturated heterocycles. The first kappa shape index (κ1) is 14.4. The van der Waals surface area contributed by atoms with Crippen molar-refractivity contribution >= 4 is 17.6 Å². The predicted octanol–water partition coefficient (Wildman–Crippen LogP) is 1.26. The molecule has 2 atom stereocenters. The molecule has 0 aliphatic carbocycles. The second-order valence-corrected chi connectivity index (χ2v) is 5.41. The van der Waals surface area contributed by atoms with Gasteiger partial charge in [-0.2, -0.15) is 4.99 Å². The molecule has 2 amide bonds. The van der Waals surface area contributed by atoms with Gasteiger partial charge < -0.3 is 11.1 Å². The van der Waals surface area contributed by atoms with E-state index in [1.165, 1.54) is 0 Å². The van der Waals surface area contributed by atoms with E-state index >= 15 is 0 Å². The Morgan fingerprint density at radius 1 is 1.40 bits per heavy atom. The summed E-state index contributed by atoms with van der Waals surface area (Å²) in [6.07, 6.45) is 0.578. The molecular weight excluding hydrogens is 254 g/mol. The van der Waals surface area contributed by atoms with Gasteiger partial charge in [0.05, 0.1) is 5.54 Å². The van der Waals surface area contributed by atoms with Crippen molar-refractivity contribution in [2.24, 2.45) is 10.7 Å². The van der Waals surface area contributed by atoms with Gasteiger partial charge in [0.1, 0.15) is 11.8 Å². The summed E-state index contributed by atoms with van der Waals surface area (Å²) in [6, 6.07) is 7.32. The summed E-state index contributed by atoms with van der Waals surface area (Å²) in [5.74, 6) is -1.46. The number of hydrogen-bond donors (Lipinski definition) is 2. The molecule has 0 saturated carbocycles.